The second-order valence-electron chi connectivity index (χ2n) is 4.29. The normalized spacial score (nSPS) is 15.4. The maximum atomic E-state index is 13.5. The third kappa shape index (κ3) is 2.76. The second-order valence-corrected chi connectivity index (χ2v) is 4.29. The molecule has 0 bridgehead atoms. The number of aliphatic hydroxyl groups is 1. The molecule has 2 atom stereocenters. The summed E-state index contributed by atoms with van der Waals surface area (Å²) in [5, 5.41) is 9.87. The molecule has 0 spiro atoms. The number of aryl methyl sites for hydroxylation is 1. The van der Waals surface area contributed by atoms with Gasteiger partial charge in [-0.05, 0) is 24.5 Å². The first-order chi connectivity index (χ1) is 6.93. The highest BCUT2D eigenvalue weighted by Crippen LogP contribution is 2.23. The van der Waals surface area contributed by atoms with E-state index in [4.69, 9.17) is 5.73 Å². The minimum Gasteiger partial charge on any atom is -0.387 e. The molecular formula is C12H18FNO. The Morgan fingerprint density at radius 1 is 1.33 bits per heavy atom. The molecule has 1 aromatic rings. The van der Waals surface area contributed by atoms with Crippen molar-refractivity contribution < 1.29 is 9.50 Å². The van der Waals surface area contributed by atoms with Gasteiger partial charge in [0, 0.05) is 11.6 Å². The fraction of sp³-hybridized carbons (Fsp3) is 0.500. The van der Waals surface area contributed by atoms with Crippen LogP contribution in [0, 0.1) is 18.7 Å². The van der Waals surface area contributed by atoms with Gasteiger partial charge < -0.3 is 10.8 Å². The lowest BCUT2D eigenvalue weighted by molar-refractivity contribution is 0.122. The van der Waals surface area contributed by atoms with E-state index in [0.29, 0.717) is 0 Å². The molecule has 2 nitrogen and oxygen atoms in total. The lowest BCUT2D eigenvalue weighted by atomic mass is 9.93. The molecule has 0 aliphatic heterocycles. The predicted octanol–water partition coefficient (Wildman–Crippen LogP) is 2.15. The van der Waals surface area contributed by atoms with Gasteiger partial charge in [-0.15, -0.1) is 0 Å². The Balaban J connectivity index is 2.96. The lowest BCUT2D eigenvalue weighted by Gasteiger charge is -2.22. The van der Waals surface area contributed by atoms with Crippen LogP contribution >= 0.6 is 0 Å². The van der Waals surface area contributed by atoms with Crippen molar-refractivity contribution in [3.8, 4) is 0 Å². The first-order valence-corrected chi connectivity index (χ1v) is 5.13. The standard InChI is InChI=1S/C12H18FNO/c1-7(2)11(14)12(15)9-5-4-8(3)6-10(9)13/h4-7,11-12,15H,14H2,1-3H3. The molecule has 0 aromatic heterocycles. The highest BCUT2D eigenvalue weighted by Gasteiger charge is 2.22. The molecule has 0 fully saturated rings. The third-order valence-corrected chi connectivity index (χ3v) is 2.61. The van der Waals surface area contributed by atoms with Crippen molar-refractivity contribution in [2.75, 3.05) is 0 Å². The Morgan fingerprint density at radius 3 is 2.40 bits per heavy atom. The van der Waals surface area contributed by atoms with Crippen LogP contribution in [0.5, 0.6) is 0 Å². The van der Waals surface area contributed by atoms with Crippen LogP contribution in [0.1, 0.15) is 31.1 Å². The second kappa shape index (κ2) is 4.73. The van der Waals surface area contributed by atoms with E-state index in [-0.39, 0.29) is 11.5 Å². The van der Waals surface area contributed by atoms with E-state index in [1.807, 2.05) is 20.8 Å². The maximum absolute atomic E-state index is 13.5. The van der Waals surface area contributed by atoms with Crippen molar-refractivity contribution in [3.63, 3.8) is 0 Å². The summed E-state index contributed by atoms with van der Waals surface area (Å²) in [6.07, 6.45) is -0.939. The fourth-order valence-corrected chi connectivity index (χ4v) is 1.44. The number of hydrogen-bond donors (Lipinski definition) is 2. The van der Waals surface area contributed by atoms with Gasteiger partial charge in [-0.2, -0.15) is 0 Å². The number of halogens is 1. The van der Waals surface area contributed by atoms with Gasteiger partial charge in [0.2, 0.25) is 0 Å². The van der Waals surface area contributed by atoms with Crippen molar-refractivity contribution in [3.05, 3.63) is 35.1 Å². The first-order valence-electron chi connectivity index (χ1n) is 5.13. The maximum Gasteiger partial charge on any atom is 0.129 e. The van der Waals surface area contributed by atoms with Gasteiger partial charge in [-0.25, -0.2) is 4.39 Å². The van der Waals surface area contributed by atoms with Crippen molar-refractivity contribution in [1.82, 2.24) is 0 Å². The summed E-state index contributed by atoms with van der Waals surface area (Å²) >= 11 is 0. The van der Waals surface area contributed by atoms with E-state index in [2.05, 4.69) is 0 Å². The van der Waals surface area contributed by atoms with Crippen molar-refractivity contribution >= 4 is 0 Å². The summed E-state index contributed by atoms with van der Waals surface area (Å²) in [4.78, 5) is 0. The van der Waals surface area contributed by atoms with Crippen LogP contribution in [0.4, 0.5) is 4.39 Å². The molecule has 0 aliphatic rings. The van der Waals surface area contributed by atoms with E-state index in [1.54, 1.807) is 12.1 Å². The van der Waals surface area contributed by atoms with Gasteiger partial charge in [0.25, 0.3) is 0 Å². The van der Waals surface area contributed by atoms with E-state index < -0.39 is 18.0 Å². The Morgan fingerprint density at radius 2 is 1.93 bits per heavy atom. The molecule has 84 valence electrons. The zero-order valence-electron chi connectivity index (χ0n) is 9.37. The largest absolute Gasteiger partial charge is 0.387 e. The minimum absolute atomic E-state index is 0.112. The average molecular weight is 211 g/mol. The molecule has 3 heteroatoms. The molecule has 0 saturated carbocycles. The van der Waals surface area contributed by atoms with Crippen molar-refractivity contribution in [2.24, 2.45) is 11.7 Å². The van der Waals surface area contributed by atoms with Crippen molar-refractivity contribution in [1.29, 1.82) is 0 Å². The van der Waals surface area contributed by atoms with Gasteiger partial charge in [-0.1, -0.05) is 26.0 Å². The molecule has 0 saturated heterocycles. The molecule has 3 N–H and O–H groups in total. The molecule has 0 aliphatic carbocycles. The Hall–Kier alpha value is -0.930. The van der Waals surface area contributed by atoms with Gasteiger partial charge in [-0.3, -0.25) is 0 Å². The summed E-state index contributed by atoms with van der Waals surface area (Å²) in [7, 11) is 0. The first kappa shape index (κ1) is 12.1. The van der Waals surface area contributed by atoms with Crippen LogP contribution in [0.15, 0.2) is 18.2 Å². The third-order valence-electron chi connectivity index (χ3n) is 2.61. The summed E-state index contributed by atoms with van der Waals surface area (Å²) < 4.78 is 13.5. The quantitative estimate of drug-likeness (QED) is 0.804. The molecule has 1 rings (SSSR count). The highest BCUT2D eigenvalue weighted by molar-refractivity contribution is 5.26. The molecule has 0 amide bonds. The zero-order valence-corrected chi connectivity index (χ0v) is 9.37. The summed E-state index contributed by atoms with van der Waals surface area (Å²) in [5.74, 6) is -0.278. The smallest absolute Gasteiger partial charge is 0.129 e. The van der Waals surface area contributed by atoms with Crippen LogP contribution in [-0.4, -0.2) is 11.1 Å². The van der Waals surface area contributed by atoms with E-state index in [1.165, 1.54) is 6.07 Å². The van der Waals surface area contributed by atoms with Gasteiger partial charge in [0.15, 0.2) is 0 Å². The number of aliphatic hydroxyl groups excluding tert-OH is 1. The molecule has 1 aromatic carbocycles. The highest BCUT2D eigenvalue weighted by atomic mass is 19.1. The van der Waals surface area contributed by atoms with E-state index in [9.17, 15) is 9.50 Å². The number of hydrogen-bond acceptors (Lipinski definition) is 2. The average Bonchev–Trinajstić information content (AvgIpc) is 2.15. The van der Waals surface area contributed by atoms with Crippen molar-refractivity contribution in [2.45, 2.75) is 32.9 Å². The Kier molecular flexibility index (Phi) is 3.83. The lowest BCUT2D eigenvalue weighted by Crippen LogP contribution is -2.33. The van der Waals surface area contributed by atoms with E-state index in [0.717, 1.165) is 5.56 Å². The SMILES string of the molecule is Cc1ccc(C(O)C(N)C(C)C)c(F)c1. The molecular weight excluding hydrogens is 193 g/mol. The fourth-order valence-electron chi connectivity index (χ4n) is 1.44. The van der Waals surface area contributed by atoms with Gasteiger partial charge in [0.1, 0.15) is 5.82 Å². The topological polar surface area (TPSA) is 46.2 Å². The zero-order chi connectivity index (χ0) is 11.6. The molecule has 0 radical (unpaired) electrons. The Bertz CT molecular complexity index is 338. The van der Waals surface area contributed by atoms with Crippen LogP contribution in [0.3, 0.4) is 0 Å². The monoisotopic (exact) mass is 211 g/mol. The molecule has 15 heavy (non-hydrogen) atoms. The number of rotatable bonds is 3. The van der Waals surface area contributed by atoms with Crippen LogP contribution in [-0.2, 0) is 0 Å². The molecule has 2 unspecified atom stereocenters. The van der Waals surface area contributed by atoms with Crippen LogP contribution < -0.4 is 5.73 Å². The number of benzene rings is 1. The van der Waals surface area contributed by atoms with Gasteiger partial charge >= 0.3 is 0 Å². The van der Waals surface area contributed by atoms with Crippen LogP contribution in [0.2, 0.25) is 0 Å². The Labute approximate surface area is 89.9 Å². The summed E-state index contributed by atoms with van der Waals surface area (Å²) in [6, 6.07) is 4.33. The van der Waals surface area contributed by atoms with Crippen LogP contribution in [0.25, 0.3) is 0 Å². The summed E-state index contributed by atoms with van der Waals surface area (Å²) in [6.45, 7) is 5.61. The van der Waals surface area contributed by atoms with Gasteiger partial charge in [0.05, 0.1) is 6.10 Å². The molecule has 0 heterocycles. The predicted molar refractivity (Wildman–Crippen MR) is 58.9 cm³/mol. The van der Waals surface area contributed by atoms with E-state index >= 15 is 0 Å². The number of nitrogens with two attached hydrogens (primary N) is 1. The minimum atomic E-state index is -0.939. The summed E-state index contributed by atoms with van der Waals surface area (Å²) in [5.41, 5.74) is 6.90.